The predicted octanol–water partition coefficient (Wildman–Crippen LogP) is 7.25. The van der Waals surface area contributed by atoms with E-state index in [9.17, 15) is 34.5 Å². The summed E-state index contributed by atoms with van der Waals surface area (Å²) in [6.07, 6.45) is 9.01. The number of carboxylic acids is 2. The van der Waals surface area contributed by atoms with Crippen LogP contribution in [-0.2, 0) is 12.8 Å². The molecule has 0 spiro atoms. The van der Waals surface area contributed by atoms with Gasteiger partial charge in [0.05, 0.1) is 5.56 Å². The van der Waals surface area contributed by atoms with Crippen LogP contribution in [0.2, 0.25) is 0 Å². The first-order valence-electron chi connectivity index (χ1n) is 16.0. The lowest BCUT2D eigenvalue weighted by Gasteiger charge is -2.20. The molecule has 0 aliphatic carbocycles. The van der Waals surface area contributed by atoms with Gasteiger partial charge in [-0.15, -0.1) is 0 Å². The quantitative estimate of drug-likeness (QED) is 0.0827. The van der Waals surface area contributed by atoms with Gasteiger partial charge >= 0.3 is 11.9 Å². The molecular weight excluding hydrogens is 612 g/mol. The minimum atomic E-state index is -1.27. The number of benzene rings is 2. The third kappa shape index (κ3) is 9.03. The fraction of sp³-hybridized carbons (Fsp3) is 0.297. The summed E-state index contributed by atoms with van der Waals surface area (Å²) in [6, 6.07) is 14.2. The second-order valence-electron chi connectivity index (χ2n) is 11.7. The Morgan fingerprint density at radius 1 is 0.750 bits per heavy atom. The number of pyridine rings is 2. The van der Waals surface area contributed by atoms with Gasteiger partial charge in [-0.25, -0.2) is 9.59 Å². The first-order chi connectivity index (χ1) is 23.0. The molecule has 0 saturated heterocycles. The van der Waals surface area contributed by atoms with Gasteiger partial charge in [0, 0.05) is 29.8 Å². The Balaban J connectivity index is 1.44. The number of amides is 2. The number of hydrogen-bond acceptors (Lipinski definition) is 7. The molecule has 4 aromatic rings. The minimum absolute atomic E-state index is 0.152. The Labute approximate surface area is 279 Å². The molecule has 11 heteroatoms. The maximum Gasteiger partial charge on any atom is 0.339 e. The number of carboxylic acid groups (broad SMARTS) is 2. The van der Waals surface area contributed by atoms with Crippen molar-refractivity contribution in [1.29, 1.82) is 0 Å². The van der Waals surface area contributed by atoms with Crippen LogP contribution >= 0.6 is 0 Å². The number of rotatable bonds is 15. The topological polar surface area (TPSA) is 179 Å². The van der Waals surface area contributed by atoms with Gasteiger partial charge < -0.3 is 26.0 Å². The number of anilines is 2. The van der Waals surface area contributed by atoms with Crippen LogP contribution in [0.25, 0.3) is 0 Å². The summed E-state index contributed by atoms with van der Waals surface area (Å²) in [7, 11) is 0. The highest BCUT2D eigenvalue weighted by atomic mass is 16.4. The number of nitrogens with one attached hydrogen (secondary N) is 2. The van der Waals surface area contributed by atoms with Gasteiger partial charge in [0.15, 0.2) is 0 Å². The molecular formula is C37H40N4O7. The van der Waals surface area contributed by atoms with Crippen molar-refractivity contribution < 1.29 is 34.5 Å². The van der Waals surface area contributed by atoms with E-state index in [1.54, 1.807) is 49.6 Å². The summed E-state index contributed by atoms with van der Waals surface area (Å²) in [6.45, 7) is 5.70. The van der Waals surface area contributed by atoms with Crippen LogP contribution < -0.4 is 10.6 Å². The average Bonchev–Trinajstić information content (AvgIpc) is 3.05. The summed E-state index contributed by atoms with van der Waals surface area (Å²) >= 11 is 0. The fourth-order valence-corrected chi connectivity index (χ4v) is 5.56. The summed E-state index contributed by atoms with van der Waals surface area (Å²) in [5, 5.41) is 35.3. The third-order valence-corrected chi connectivity index (χ3v) is 8.23. The van der Waals surface area contributed by atoms with Gasteiger partial charge in [-0.1, -0.05) is 38.8 Å². The zero-order chi connectivity index (χ0) is 34.8. The predicted molar refractivity (Wildman–Crippen MR) is 182 cm³/mol. The van der Waals surface area contributed by atoms with Crippen molar-refractivity contribution in [3.63, 3.8) is 0 Å². The summed E-state index contributed by atoms with van der Waals surface area (Å²) in [5.41, 5.74) is 3.80. The molecule has 0 radical (unpaired) electrons. The Bertz CT molecular complexity index is 1790. The van der Waals surface area contributed by atoms with Crippen LogP contribution in [0.1, 0.15) is 116 Å². The van der Waals surface area contributed by atoms with Crippen molar-refractivity contribution in [1.82, 2.24) is 9.97 Å². The van der Waals surface area contributed by atoms with Crippen LogP contribution in [0.3, 0.4) is 0 Å². The lowest BCUT2D eigenvalue weighted by atomic mass is 9.86. The SMILES string of the molecule is CCCCCc1ccc(C(=O)Nc2cc(O)c(C(=O)O)c(C(CC)CCc3ccc(C(=O)Nc4ccc(C(=O)O)c(C)c4)nc3)c2)nc1. The first kappa shape index (κ1) is 35.3. The number of aromatic carboxylic acids is 2. The summed E-state index contributed by atoms with van der Waals surface area (Å²) in [5.74, 6) is -3.97. The Kier molecular flexibility index (Phi) is 12.0. The Morgan fingerprint density at radius 3 is 1.90 bits per heavy atom. The molecule has 250 valence electrons. The molecule has 4 rings (SSSR count). The largest absolute Gasteiger partial charge is 0.507 e. The van der Waals surface area contributed by atoms with Crippen molar-refractivity contribution in [2.75, 3.05) is 10.6 Å². The number of phenols is 1. The Morgan fingerprint density at radius 2 is 1.38 bits per heavy atom. The van der Waals surface area contributed by atoms with Crippen LogP contribution in [-0.4, -0.2) is 49.0 Å². The number of carbonyl (C=O) groups excluding carboxylic acids is 2. The highest BCUT2D eigenvalue weighted by Gasteiger charge is 2.24. The number of aryl methyl sites for hydroxylation is 3. The minimum Gasteiger partial charge on any atom is -0.507 e. The van der Waals surface area contributed by atoms with Gasteiger partial charge in [-0.2, -0.15) is 0 Å². The molecule has 0 bridgehead atoms. The first-order valence-corrected chi connectivity index (χ1v) is 16.0. The zero-order valence-corrected chi connectivity index (χ0v) is 27.2. The molecule has 1 unspecified atom stereocenters. The average molecular weight is 653 g/mol. The van der Waals surface area contributed by atoms with Crippen molar-refractivity contribution in [2.45, 2.75) is 71.6 Å². The normalized spacial score (nSPS) is 11.5. The van der Waals surface area contributed by atoms with E-state index >= 15 is 0 Å². The van der Waals surface area contributed by atoms with Gasteiger partial charge in [0.1, 0.15) is 22.7 Å². The van der Waals surface area contributed by atoms with Crippen LogP contribution in [0.4, 0.5) is 11.4 Å². The van der Waals surface area contributed by atoms with E-state index in [2.05, 4.69) is 27.5 Å². The third-order valence-electron chi connectivity index (χ3n) is 8.23. The van der Waals surface area contributed by atoms with Gasteiger partial charge in [0.25, 0.3) is 11.8 Å². The van der Waals surface area contributed by atoms with E-state index in [-0.39, 0.29) is 34.1 Å². The maximum atomic E-state index is 13.0. The van der Waals surface area contributed by atoms with E-state index in [4.69, 9.17) is 0 Å². The molecule has 2 aromatic heterocycles. The fourth-order valence-electron chi connectivity index (χ4n) is 5.56. The standard InChI is InChI=1S/C37H40N4O7/c1-4-6-7-8-23-10-15-31(38-20-23)35(44)41-27-18-29(33(37(47)48)32(42)19-27)25(5-2)12-9-24-11-16-30(39-21-24)34(43)40-26-13-14-28(36(45)46)22(3)17-26/h10-11,13-21,25,42H,4-9,12H2,1-3H3,(H,40,43)(H,41,44)(H,45,46)(H,47,48). The Hall–Kier alpha value is -5.58. The van der Waals surface area contributed by atoms with Gasteiger partial charge in [0.2, 0.25) is 0 Å². The number of aromatic nitrogens is 2. The molecule has 1 atom stereocenters. The van der Waals surface area contributed by atoms with Crippen LogP contribution in [0.5, 0.6) is 5.75 Å². The lowest BCUT2D eigenvalue weighted by molar-refractivity contribution is 0.0682. The molecule has 2 aromatic carbocycles. The maximum absolute atomic E-state index is 13.0. The highest BCUT2D eigenvalue weighted by Crippen LogP contribution is 2.35. The van der Waals surface area contributed by atoms with E-state index in [1.165, 1.54) is 18.2 Å². The van der Waals surface area contributed by atoms with E-state index in [0.717, 1.165) is 36.8 Å². The van der Waals surface area contributed by atoms with Crippen LogP contribution in [0, 0.1) is 6.92 Å². The number of carbonyl (C=O) groups is 4. The van der Waals surface area contributed by atoms with Crippen molar-refractivity contribution >= 4 is 35.1 Å². The molecule has 11 nitrogen and oxygen atoms in total. The van der Waals surface area contributed by atoms with Crippen molar-refractivity contribution in [3.05, 3.63) is 112 Å². The summed E-state index contributed by atoms with van der Waals surface area (Å²) in [4.78, 5) is 57.7. The molecule has 2 heterocycles. The lowest BCUT2D eigenvalue weighted by Crippen LogP contribution is -2.15. The molecule has 0 aliphatic heterocycles. The monoisotopic (exact) mass is 652 g/mol. The van der Waals surface area contributed by atoms with Gasteiger partial charge in [-0.05, 0) is 104 Å². The second-order valence-corrected chi connectivity index (χ2v) is 11.7. The number of aromatic hydroxyl groups is 1. The molecule has 2 amide bonds. The molecule has 0 fully saturated rings. The number of unbranched alkanes of at least 4 members (excludes halogenated alkanes) is 2. The number of hydrogen-bond donors (Lipinski definition) is 5. The van der Waals surface area contributed by atoms with E-state index < -0.39 is 29.5 Å². The molecule has 5 N–H and O–H groups in total. The van der Waals surface area contributed by atoms with E-state index in [0.29, 0.717) is 36.1 Å². The molecule has 0 saturated carbocycles. The summed E-state index contributed by atoms with van der Waals surface area (Å²) < 4.78 is 0. The smallest absolute Gasteiger partial charge is 0.339 e. The van der Waals surface area contributed by atoms with Crippen LogP contribution in [0.15, 0.2) is 67.0 Å². The zero-order valence-electron chi connectivity index (χ0n) is 27.2. The molecule has 48 heavy (non-hydrogen) atoms. The van der Waals surface area contributed by atoms with Crippen molar-refractivity contribution in [3.8, 4) is 5.75 Å². The number of nitrogens with zero attached hydrogens (tertiary/aromatic N) is 2. The highest BCUT2D eigenvalue weighted by molar-refractivity contribution is 6.04. The molecule has 0 aliphatic rings. The second kappa shape index (κ2) is 16.3. The van der Waals surface area contributed by atoms with Crippen molar-refractivity contribution in [2.24, 2.45) is 0 Å². The van der Waals surface area contributed by atoms with Gasteiger partial charge in [-0.3, -0.25) is 19.6 Å². The van der Waals surface area contributed by atoms with E-state index in [1.807, 2.05) is 13.0 Å².